The van der Waals surface area contributed by atoms with Gasteiger partial charge in [0.1, 0.15) is 31.0 Å². The molecule has 0 aromatic carbocycles. The van der Waals surface area contributed by atoms with E-state index in [9.17, 15) is 30.0 Å². The molecule has 0 saturated carbocycles. The van der Waals surface area contributed by atoms with Crippen molar-refractivity contribution in [2.24, 2.45) is 0 Å². The van der Waals surface area contributed by atoms with Crippen LogP contribution in [0.15, 0.2) is 0 Å². The summed E-state index contributed by atoms with van der Waals surface area (Å²) in [7, 11) is 0. The van der Waals surface area contributed by atoms with E-state index in [1.165, 1.54) is 64.2 Å². The highest BCUT2D eigenvalue weighted by atomic mass is 16.7. The van der Waals surface area contributed by atoms with Crippen LogP contribution in [-0.4, -0.2) is 89.0 Å². The van der Waals surface area contributed by atoms with Gasteiger partial charge in [-0.15, -0.1) is 0 Å². The molecule has 0 bridgehead atoms. The van der Waals surface area contributed by atoms with E-state index in [-0.39, 0.29) is 32.0 Å². The van der Waals surface area contributed by atoms with Crippen LogP contribution < -0.4 is 0 Å². The minimum atomic E-state index is -1.59. The molecule has 44 heavy (non-hydrogen) atoms. The van der Waals surface area contributed by atoms with Crippen LogP contribution in [0.1, 0.15) is 149 Å². The van der Waals surface area contributed by atoms with Crippen LogP contribution in [0.25, 0.3) is 0 Å². The summed E-state index contributed by atoms with van der Waals surface area (Å²) in [5.74, 6) is -0.812. The number of rotatable bonds is 28. The summed E-state index contributed by atoms with van der Waals surface area (Å²) in [4.78, 5) is 24.9. The van der Waals surface area contributed by atoms with Crippen molar-refractivity contribution in [3.05, 3.63) is 0 Å². The summed E-state index contributed by atoms with van der Waals surface area (Å²) in [5, 5.41) is 39.7. The van der Waals surface area contributed by atoms with Gasteiger partial charge in [0.05, 0.1) is 13.2 Å². The van der Waals surface area contributed by atoms with E-state index in [0.29, 0.717) is 6.42 Å². The maximum absolute atomic E-state index is 12.6. The molecule has 0 spiro atoms. The molecule has 10 nitrogen and oxygen atoms in total. The molecule has 1 heterocycles. The molecule has 6 unspecified atom stereocenters. The SMILES string of the molecule is CCCCCCCCCCCCCCCC(=O)OC(COC(=O)CCCCCCCC)COC1OC(CO)C(O)C(O)C1O. The highest BCUT2D eigenvalue weighted by Gasteiger charge is 2.44. The Morgan fingerprint density at radius 2 is 1.07 bits per heavy atom. The van der Waals surface area contributed by atoms with E-state index in [2.05, 4.69) is 13.8 Å². The molecule has 10 heteroatoms. The fraction of sp³-hybridized carbons (Fsp3) is 0.941. The van der Waals surface area contributed by atoms with Crippen LogP contribution in [-0.2, 0) is 28.5 Å². The number of aliphatic hydroxyl groups is 4. The average molecular weight is 633 g/mol. The van der Waals surface area contributed by atoms with Gasteiger partial charge in [-0.1, -0.05) is 123 Å². The summed E-state index contributed by atoms with van der Waals surface area (Å²) in [6.07, 6.45) is 14.3. The minimum absolute atomic E-state index is 0.212. The quantitative estimate of drug-likeness (QED) is 0.0644. The number of hydrogen-bond acceptors (Lipinski definition) is 10. The number of ether oxygens (including phenoxy) is 4. The van der Waals surface area contributed by atoms with Crippen LogP contribution >= 0.6 is 0 Å². The predicted molar refractivity (Wildman–Crippen MR) is 169 cm³/mol. The van der Waals surface area contributed by atoms with Gasteiger partial charge in [0.25, 0.3) is 0 Å². The summed E-state index contributed by atoms with van der Waals surface area (Å²) in [6, 6.07) is 0. The third kappa shape index (κ3) is 19.3. The summed E-state index contributed by atoms with van der Waals surface area (Å²) < 4.78 is 21.9. The lowest BCUT2D eigenvalue weighted by Gasteiger charge is -2.39. The fourth-order valence-corrected chi connectivity index (χ4v) is 5.36. The Morgan fingerprint density at radius 1 is 0.614 bits per heavy atom. The first kappa shape index (κ1) is 40.7. The molecular weight excluding hydrogens is 568 g/mol. The second kappa shape index (κ2) is 26.9. The molecule has 1 rings (SSSR count). The van der Waals surface area contributed by atoms with Gasteiger partial charge in [-0.05, 0) is 12.8 Å². The fourth-order valence-electron chi connectivity index (χ4n) is 5.36. The van der Waals surface area contributed by atoms with Crippen molar-refractivity contribution in [3.8, 4) is 0 Å². The topological polar surface area (TPSA) is 152 Å². The zero-order chi connectivity index (χ0) is 32.4. The van der Waals surface area contributed by atoms with Crippen molar-refractivity contribution < 1.29 is 49.0 Å². The highest BCUT2D eigenvalue weighted by molar-refractivity contribution is 5.70. The van der Waals surface area contributed by atoms with E-state index in [4.69, 9.17) is 18.9 Å². The van der Waals surface area contributed by atoms with Crippen LogP contribution in [0, 0.1) is 0 Å². The van der Waals surface area contributed by atoms with Gasteiger partial charge in [-0.2, -0.15) is 0 Å². The number of esters is 2. The molecular formula is C34H64O10. The van der Waals surface area contributed by atoms with Gasteiger partial charge in [0.2, 0.25) is 0 Å². The van der Waals surface area contributed by atoms with Crippen molar-refractivity contribution >= 4 is 11.9 Å². The summed E-state index contributed by atoms with van der Waals surface area (Å²) in [5.41, 5.74) is 0. The Bertz CT molecular complexity index is 704. The summed E-state index contributed by atoms with van der Waals surface area (Å²) >= 11 is 0. The first-order chi connectivity index (χ1) is 21.3. The molecule has 0 aromatic rings. The van der Waals surface area contributed by atoms with Gasteiger partial charge >= 0.3 is 11.9 Å². The van der Waals surface area contributed by atoms with Gasteiger partial charge in [-0.25, -0.2) is 0 Å². The van der Waals surface area contributed by atoms with Crippen molar-refractivity contribution in [1.82, 2.24) is 0 Å². The highest BCUT2D eigenvalue weighted by Crippen LogP contribution is 2.22. The van der Waals surface area contributed by atoms with E-state index < -0.39 is 49.4 Å². The Hall–Kier alpha value is -1.30. The first-order valence-corrected chi connectivity index (χ1v) is 17.6. The lowest BCUT2D eigenvalue weighted by atomic mass is 9.99. The normalized spacial score (nSPS) is 22.5. The Labute approximate surface area is 266 Å². The Morgan fingerprint density at radius 3 is 1.55 bits per heavy atom. The van der Waals surface area contributed by atoms with E-state index in [1.807, 2.05) is 0 Å². The molecule has 0 radical (unpaired) electrons. The molecule has 0 aliphatic carbocycles. The van der Waals surface area contributed by atoms with Gasteiger partial charge in [0.15, 0.2) is 12.4 Å². The summed E-state index contributed by atoms with van der Waals surface area (Å²) in [6.45, 7) is 3.33. The average Bonchev–Trinajstić information content (AvgIpc) is 3.02. The Kier molecular flexibility index (Phi) is 24.9. The lowest BCUT2D eigenvalue weighted by Crippen LogP contribution is -2.59. The maximum atomic E-state index is 12.6. The second-order valence-corrected chi connectivity index (χ2v) is 12.3. The standard InChI is InChI=1S/C34H64O10/c1-3-5-7-9-11-12-13-14-15-16-17-19-21-23-30(37)43-27(25-41-29(36)22-20-18-10-8-6-4-2)26-42-34-33(40)32(39)31(38)28(24-35)44-34/h27-28,31-35,38-40H,3-26H2,1-2H3. The van der Waals surface area contributed by atoms with Crippen molar-refractivity contribution in [2.45, 2.75) is 185 Å². The van der Waals surface area contributed by atoms with Crippen molar-refractivity contribution in [1.29, 1.82) is 0 Å². The van der Waals surface area contributed by atoms with Gasteiger partial charge in [0, 0.05) is 12.8 Å². The minimum Gasteiger partial charge on any atom is -0.462 e. The van der Waals surface area contributed by atoms with Crippen LogP contribution in [0.5, 0.6) is 0 Å². The zero-order valence-electron chi connectivity index (χ0n) is 27.7. The monoisotopic (exact) mass is 632 g/mol. The second-order valence-electron chi connectivity index (χ2n) is 12.3. The predicted octanol–water partition coefficient (Wildman–Crippen LogP) is 5.49. The molecule has 1 aliphatic rings. The van der Waals surface area contributed by atoms with E-state index >= 15 is 0 Å². The number of hydrogen-bond donors (Lipinski definition) is 4. The van der Waals surface area contributed by atoms with Crippen LogP contribution in [0.4, 0.5) is 0 Å². The Balaban J connectivity index is 2.40. The first-order valence-electron chi connectivity index (χ1n) is 17.6. The number of aliphatic hydroxyl groups excluding tert-OH is 4. The molecule has 4 N–H and O–H groups in total. The molecule has 1 aliphatic heterocycles. The van der Waals surface area contributed by atoms with Crippen molar-refractivity contribution in [3.63, 3.8) is 0 Å². The van der Waals surface area contributed by atoms with E-state index in [0.717, 1.165) is 51.4 Å². The number of carbonyl (C=O) groups is 2. The van der Waals surface area contributed by atoms with Crippen LogP contribution in [0.3, 0.4) is 0 Å². The number of carbonyl (C=O) groups excluding carboxylic acids is 2. The van der Waals surface area contributed by atoms with Gasteiger partial charge < -0.3 is 39.4 Å². The third-order valence-electron chi connectivity index (χ3n) is 8.24. The van der Waals surface area contributed by atoms with Gasteiger partial charge in [-0.3, -0.25) is 9.59 Å². The molecule has 1 saturated heterocycles. The van der Waals surface area contributed by atoms with Crippen molar-refractivity contribution in [2.75, 3.05) is 19.8 Å². The molecule has 0 amide bonds. The molecule has 1 fully saturated rings. The van der Waals surface area contributed by atoms with Crippen LogP contribution in [0.2, 0.25) is 0 Å². The largest absolute Gasteiger partial charge is 0.462 e. The molecule has 6 atom stereocenters. The smallest absolute Gasteiger partial charge is 0.306 e. The van der Waals surface area contributed by atoms with E-state index in [1.54, 1.807) is 0 Å². The number of unbranched alkanes of at least 4 members (excludes halogenated alkanes) is 17. The third-order valence-corrected chi connectivity index (χ3v) is 8.24. The maximum Gasteiger partial charge on any atom is 0.306 e. The molecule has 260 valence electrons. The lowest BCUT2D eigenvalue weighted by molar-refractivity contribution is -0.305. The molecule has 0 aromatic heterocycles. The zero-order valence-corrected chi connectivity index (χ0v) is 27.7.